The Balaban J connectivity index is 2.00. The van der Waals surface area contributed by atoms with Crippen LogP contribution < -0.4 is 10.1 Å². The van der Waals surface area contributed by atoms with Crippen molar-refractivity contribution in [1.82, 2.24) is 10.3 Å². The molecule has 0 aromatic carbocycles. The van der Waals surface area contributed by atoms with E-state index < -0.39 is 0 Å². The lowest BCUT2D eigenvalue weighted by Crippen LogP contribution is -2.43. The van der Waals surface area contributed by atoms with E-state index in [1.54, 1.807) is 12.3 Å². The van der Waals surface area contributed by atoms with Gasteiger partial charge >= 0.3 is 0 Å². The van der Waals surface area contributed by atoms with Crippen LogP contribution in [-0.2, 0) is 4.79 Å². The Morgan fingerprint density at radius 2 is 2.43 bits per heavy atom. The summed E-state index contributed by atoms with van der Waals surface area (Å²) in [5, 5.41) is 2.76. The van der Waals surface area contributed by atoms with E-state index in [1.165, 1.54) is 0 Å². The highest BCUT2D eigenvalue weighted by Gasteiger charge is 2.23. The van der Waals surface area contributed by atoms with Gasteiger partial charge in [-0.3, -0.25) is 4.79 Å². The normalized spacial score (nSPS) is 21.4. The SMILES string of the molecule is O=C1NCCCC1Oc1ccccn1. The molecule has 1 N–H and O–H groups in total. The fourth-order valence-electron chi connectivity index (χ4n) is 1.42. The quantitative estimate of drug-likeness (QED) is 0.751. The molecule has 1 unspecified atom stereocenters. The zero-order valence-electron chi connectivity index (χ0n) is 7.77. The minimum absolute atomic E-state index is 0.0399. The maximum absolute atomic E-state index is 11.3. The zero-order valence-corrected chi connectivity index (χ0v) is 7.77. The molecule has 0 bridgehead atoms. The molecule has 2 rings (SSSR count). The average molecular weight is 192 g/mol. The van der Waals surface area contributed by atoms with E-state index in [-0.39, 0.29) is 12.0 Å². The molecule has 1 fully saturated rings. The zero-order chi connectivity index (χ0) is 9.80. The lowest BCUT2D eigenvalue weighted by atomic mass is 10.1. The molecule has 1 aliphatic rings. The first-order valence-corrected chi connectivity index (χ1v) is 4.71. The largest absolute Gasteiger partial charge is 0.464 e. The number of rotatable bonds is 2. The molecule has 1 saturated heterocycles. The van der Waals surface area contributed by atoms with Crippen molar-refractivity contribution >= 4 is 5.91 Å². The maximum Gasteiger partial charge on any atom is 0.261 e. The number of pyridine rings is 1. The van der Waals surface area contributed by atoms with Crippen molar-refractivity contribution in [3.8, 4) is 5.88 Å². The number of aromatic nitrogens is 1. The molecule has 1 aromatic heterocycles. The molecule has 4 nitrogen and oxygen atoms in total. The van der Waals surface area contributed by atoms with Crippen LogP contribution in [0.1, 0.15) is 12.8 Å². The Bertz CT molecular complexity index is 313. The summed E-state index contributed by atoms with van der Waals surface area (Å²) >= 11 is 0. The Morgan fingerprint density at radius 1 is 1.50 bits per heavy atom. The van der Waals surface area contributed by atoms with Gasteiger partial charge < -0.3 is 10.1 Å². The van der Waals surface area contributed by atoms with Crippen molar-refractivity contribution < 1.29 is 9.53 Å². The third-order valence-corrected chi connectivity index (χ3v) is 2.14. The first-order chi connectivity index (χ1) is 6.86. The number of piperidine rings is 1. The van der Waals surface area contributed by atoms with Crippen LogP contribution in [-0.4, -0.2) is 23.5 Å². The van der Waals surface area contributed by atoms with Gasteiger partial charge in [-0.1, -0.05) is 6.07 Å². The van der Waals surface area contributed by atoms with Crippen LogP contribution in [0.15, 0.2) is 24.4 Å². The lowest BCUT2D eigenvalue weighted by molar-refractivity contribution is -0.130. The van der Waals surface area contributed by atoms with Gasteiger partial charge in [-0.15, -0.1) is 0 Å². The van der Waals surface area contributed by atoms with Crippen molar-refractivity contribution in [2.75, 3.05) is 6.54 Å². The van der Waals surface area contributed by atoms with Crippen LogP contribution in [0.25, 0.3) is 0 Å². The minimum atomic E-state index is -0.376. The van der Waals surface area contributed by atoms with E-state index in [4.69, 9.17) is 4.74 Å². The molecule has 2 heterocycles. The van der Waals surface area contributed by atoms with Gasteiger partial charge in [-0.2, -0.15) is 0 Å². The molecule has 1 aromatic rings. The molecule has 14 heavy (non-hydrogen) atoms. The minimum Gasteiger partial charge on any atom is -0.464 e. The highest BCUT2D eigenvalue weighted by Crippen LogP contribution is 2.12. The molecule has 1 amide bonds. The van der Waals surface area contributed by atoms with Crippen LogP contribution in [0.2, 0.25) is 0 Å². The average Bonchev–Trinajstić information content (AvgIpc) is 2.23. The fraction of sp³-hybridized carbons (Fsp3) is 0.400. The Labute approximate surface area is 82.3 Å². The molecule has 1 atom stereocenters. The van der Waals surface area contributed by atoms with Gasteiger partial charge in [0.25, 0.3) is 5.91 Å². The number of hydrogen-bond donors (Lipinski definition) is 1. The van der Waals surface area contributed by atoms with Gasteiger partial charge in [0.05, 0.1) is 0 Å². The van der Waals surface area contributed by atoms with Crippen molar-refractivity contribution in [3.63, 3.8) is 0 Å². The molecule has 74 valence electrons. The summed E-state index contributed by atoms with van der Waals surface area (Å²) in [6, 6.07) is 5.40. The van der Waals surface area contributed by atoms with Gasteiger partial charge in [0.2, 0.25) is 5.88 Å². The Morgan fingerprint density at radius 3 is 3.14 bits per heavy atom. The predicted octanol–water partition coefficient (Wildman–Crippen LogP) is 0.739. The highest BCUT2D eigenvalue weighted by atomic mass is 16.5. The highest BCUT2D eigenvalue weighted by molar-refractivity contribution is 5.81. The van der Waals surface area contributed by atoms with Crippen LogP contribution in [0, 0.1) is 0 Å². The summed E-state index contributed by atoms with van der Waals surface area (Å²) in [5.74, 6) is 0.469. The second-order valence-corrected chi connectivity index (χ2v) is 3.21. The molecular weight excluding hydrogens is 180 g/mol. The van der Waals surface area contributed by atoms with Gasteiger partial charge in [-0.25, -0.2) is 4.98 Å². The van der Waals surface area contributed by atoms with E-state index >= 15 is 0 Å². The molecule has 1 aliphatic heterocycles. The third kappa shape index (κ3) is 2.02. The number of hydrogen-bond acceptors (Lipinski definition) is 3. The van der Waals surface area contributed by atoms with E-state index in [1.807, 2.05) is 12.1 Å². The van der Waals surface area contributed by atoms with Gasteiger partial charge in [0.15, 0.2) is 6.10 Å². The third-order valence-electron chi connectivity index (χ3n) is 2.14. The van der Waals surface area contributed by atoms with Crippen molar-refractivity contribution in [3.05, 3.63) is 24.4 Å². The van der Waals surface area contributed by atoms with Gasteiger partial charge in [0, 0.05) is 18.8 Å². The predicted molar refractivity (Wildman–Crippen MR) is 50.9 cm³/mol. The molecule has 0 saturated carbocycles. The summed E-state index contributed by atoms with van der Waals surface area (Å²) in [4.78, 5) is 15.3. The standard InChI is InChI=1S/C10H12N2O2/c13-10-8(4-3-7-12-10)14-9-5-1-2-6-11-9/h1-2,5-6,8H,3-4,7H2,(H,12,13). The lowest BCUT2D eigenvalue weighted by Gasteiger charge is -2.22. The summed E-state index contributed by atoms with van der Waals surface area (Å²) in [6.07, 6.45) is 3.00. The smallest absolute Gasteiger partial charge is 0.261 e. The number of nitrogens with one attached hydrogen (secondary N) is 1. The molecule has 0 spiro atoms. The van der Waals surface area contributed by atoms with Crippen LogP contribution in [0.3, 0.4) is 0 Å². The number of ether oxygens (including phenoxy) is 1. The Hall–Kier alpha value is -1.58. The number of amides is 1. The van der Waals surface area contributed by atoms with Gasteiger partial charge in [0.1, 0.15) is 0 Å². The maximum atomic E-state index is 11.3. The van der Waals surface area contributed by atoms with E-state index in [9.17, 15) is 4.79 Å². The summed E-state index contributed by atoms with van der Waals surface area (Å²) < 4.78 is 5.44. The molecule has 0 aliphatic carbocycles. The van der Waals surface area contributed by atoms with Gasteiger partial charge in [-0.05, 0) is 18.9 Å². The van der Waals surface area contributed by atoms with Crippen molar-refractivity contribution in [2.45, 2.75) is 18.9 Å². The second kappa shape index (κ2) is 4.09. The Kier molecular flexibility index (Phi) is 2.62. The van der Waals surface area contributed by atoms with Crippen LogP contribution in [0.4, 0.5) is 0 Å². The number of nitrogens with zero attached hydrogens (tertiary/aromatic N) is 1. The number of carbonyl (C=O) groups is 1. The summed E-state index contributed by atoms with van der Waals surface area (Å²) in [6.45, 7) is 0.751. The van der Waals surface area contributed by atoms with Crippen LogP contribution in [0.5, 0.6) is 5.88 Å². The topological polar surface area (TPSA) is 51.2 Å². The first-order valence-electron chi connectivity index (χ1n) is 4.71. The number of carbonyl (C=O) groups excluding carboxylic acids is 1. The van der Waals surface area contributed by atoms with Crippen molar-refractivity contribution in [2.24, 2.45) is 0 Å². The summed E-state index contributed by atoms with van der Waals surface area (Å²) in [5.41, 5.74) is 0. The van der Waals surface area contributed by atoms with E-state index in [0.29, 0.717) is 5.88 Å². The summed E-state index contributed by atoms with van der Waals surface area (Å²) in [7, 11) is 0. The molecule has 4 heteroatoms. The van der Waals surface area contributed by atoms with Crippen LogP contribution >= 0.6 is 0 Å². The monoisotopic (exact) mass is 192 g/mol. The van der Waals surface area contributed by atoms with E-state index in [0.717, 1.165) is 19.4 Å². The first kappa shape index (κ1) is 8.99. The van der Waals surface area contributed by atoms with E-state index in [2.05, 4.69) is 10.3 Å². The fourth-order valence-corrected chi connectivity index (χ4v) is 1.42. The van der Waals surface area contributed by atoms with Crippen molar-refractivity contribution in [1.29, 1.82) is 0 Å². The molecular formula is C10H12N2O2. The second-order valence-electron chi connectivity index (χ2n) is 3.21. The molecule has 0 radical (unpaired) electrons.